The standard InChI is InChI=1S/C15H22FNOS/c1-3-8-17-15(11-7-9-19-10-11)12-5-4-6-13(18-2)14(12)16/h4-6,11,15,17H,3,7-10H2,1-2H3. The molecular formula is C15H22FNOS. The van der Waals surface area contributed by atoms with Crippen LogP contribution in [-0.4, -0.2) is 25.2 Å². The Kier molecular flexibility index (Phi) is 5.52. The number of benzene rings is 1. The largest absolute Gasteiger partial charge is 0.494 e. The molecule has 2 atom stereocenters. The Morgan fingerprint density at radius 1 is 1.53 bits per heavy atom. The predicted molar refractivity (Wildman–Crippen MR) is 79.4 cm³/mol. The van der Waals surface area contributed by atoms with Crippen LogP contribution in [0.3, 0.4) is 0 Å². The average molecular weight is 283 g/mol. The number of halogens is 1. The minimum atomic E-state index is -0.212. The molecule has 19 heavy (non-hydrogen) atoms. The average Bonchev–Trinajstić information content (AvgIpc) is 2.95. The molecule has 2 unspecified atom stereocenters. The monoisotopic (exact) mass is 283 g/mol. The van der Waals surface area contributed by atoms with E-state index < -0.39 is 0 Å². The summed E-state index contributed by atoms with van der Waals surface area (Å²) in [4.78, 5) is 0. The highest BCUT2D eigenvalue weighted by Crippen LogP contribution is 2.36. The summed E-state index contributed by atoms with van der Waals surface area (Å²) in [5.74, 6) is 2.93. The van der Waals surface area contributed by atoms with Crippen LogP contribution in [0.1, 0.15) is 31.4 Å². The Labute approximate surface area is 119 Å². The quantitative estimate of drug-likeness (QED) is 0.861. The molecule has 1 heterocycles. The summed E-state index contributed by atoms with van der Waals surface area (Å²) in [5.41, 5.74) is 0.750. The first-order valence-corrected chi connectivity index (χ1v) is 8.07. The van der Waals surface area contributed by atoms with Gasteiger partial charge in [0.2, 0.25) is 0 Å². The van der Waals surface area contributed by atoms with Gasteiger partial charge in [-0.3, -0.25) is 0 Å². The molecule has 0 bridgehead atoms. The Bertz CT molecular complexity index is 407. The van der Waals surface area contributed by atoms with E-state index in [0.29, 0.717) is 11.7 Å². The zero-order valence-corrected chi connectivity index (χ0v) is 12.4. The van der Waals surface area contributed by atoms with Crippen molar-refractivity contribution in [1.82, 2.24) is 5.32 Å². The van der Waals surface area contributed by atoms with E-state index in [-0.39, 0.29) is 11.9 Å². The van der Waals surface area contributed by atoms with Crippen LogP contribution in [0.4, 0.5) is 4.39 Å². The van der Waals surface area contributed by atoms with Crippen molar-refractivity contribution in [2.45, 2.75) is 25.8 Å². The molecule has 1 fully saturated rings. The van der Waals surface area contributed by atoms with E-state index in [2.05, 4.69) is 12.2 Å². The Morgan fingerprint density at radius 2 is 2.37 bits per heavy atom. The van der Waals surface area contributed by atoms with Crippen LogP contribution in [0, 0.1) is 11.7 Å². The van der Waals surface area contributed by atoms with Crippen LogP contribution in [0.5, 0.6) is 5.75 Å². The number of ether oxygens (including phenoxy) is 1. The number of hydrogen-bond acceptors (Lipinski definition) is 3. The van der Waals surface area contributed by atoms with Crippen LogP contribution in [0.15, 0.2) is 18.2 Å². The predicted octanol–water partition coefficient (Wildman–Crippen LogP) is 3.63. The van der Waals surface area contributed by atoms with E-state index in [0.717, 1.165) is 30.7 Å². The third-order valence-corrected chi connectivity index (χ3v) is 4.79. The normalized spacial score (nSPS) is 20.5. The van der Waals surface area contributed by atoms with E-state index >= 15 is 0 Å². The summed E-state index contributed by atoms with van der Waals surface area (Å²) < 4.78 is 19.5. The van der Waals surface area contributed by atoms with Crippen LogP contribution in [-0.2, 0) is 0 Å². The highest BCUT2D eigenvalue weighted by molar-refractivity contribution is 7.99. The summed E-state index contributed by atoms with van der Waals surface area (Å²) in [7, 11) is 1.52. The van der Waals surface area contributed by atoms with Gasteiger partial charge >= 0.3 is 0 Å². The van der Waals surface area contributed by atoms with Gasteiger partial charge in [-0.05, 0) is 42.9 Å². The van der Waals surface area contributed by atoms with Crippen LogP contribution in [0.2, 0.25) is 0 Å². The van der Waals surface area contributed by atoms with Gasteiger partial charge in [0, 0.05) is 11.6 Å². The highest BCUT2D eigenvalue weighted by atomic mass is 32.2. The first-order valence-electron chi connectivity index (χ1n) is 6.91. The fourth-order valence-electron chi connectivity index (χ4n) is 2.57. The summed E-state index contributed by atoms with van der Waals surface area (Å²) >= 11 is 1.96. The van der Waals surface area contributed by atoms with Crippen LogP contribution in [0.25, 0.3) is 0 Å². The Balaban J connectivity index is 2.25. The lowest BCUT2D eigenvalue weighted by Gasteiger charge is -2.25. The lowest BCUT2D eigenvalue weighted by Crippen LogP contribution is -2.30. The number of rotatable bonds is 6. The summed E-state index contributed by atoms with van der Waals surface area (Å²) in [6.07, 6.45) is 2.21. The fourth-order valence-corrected chi connectivity index (χ4v) is 3.87. The Morgan fingerprint density at radius 3 is 3.00 bits per heavy atom. The van der Waals surface area contributed by atoms with Gasteiger partial charge in [0.25, 0.3) is 0 Å². The number of methoxy groups -OCH3 is 1. The first-order chi connectivity index (χ1) is 9.27. The van der Waals surface area contributed by atoms with Crippen LogP contribution >= 0.6 is 11.8 Å². The molecule has 0 aliphatic carbocycles. The second-order valence-electron chi connectivity index (χ2n) is 4.92. The molecule has 2 rings (SSSR count). The fraction of sp³-hybridized carbons (Fsp3) is 0.600. The molecular weight excluding hydrogens is 261 g/mol. The second kappa shape index (κ2) is 7.15. The van der Waals surface area contributed by atoms with E-state index in [1.807, 2.05) is 23.9 Å². The topological polar surface area (TPSA) is 21.3 Å². The van der Waals surface area contributed by atoms with E-state index in [1.54, 1.807) is 6.07 Å². The molecule has 0 amide bonds. The van der Waals surface area contributed by atoms with Gasteiger partial charge in [-0.2, -0.15) is 11.8 Å². The molecule has 4 heteroatoms. The van der Waals surface area contributed by atoms with E-state index in [1.165, 1.54) is 12.9 Å². The number of thioether (sulfide) groups is 1. The molecule has 0 saturated carbocycles. The Hall–Kier alpha value is -0.740. The minimum absolute atomic E-state index is 0.102. The van der Waals surface area contributed by atoms with E-state index in [4.69, 9.17) is 4.74 Å². The van der Waals surface area contributed by atoms with Crippen molar-refractivity contribution in [3.8, 4) is 5.75 Å². The minimum Gasteiger partial charge on any atom is -0.494 e. The highest BCUT2D eigenvalue weighted by Gasteiger charge is 2.29. The smallest absolute Gasteiger partial charge is 0.169 e. The van der Waals surface area contributed by atoms with Gasteiger partial charge in [0.15, 0.2) is 11.6 Å². The van der Waals surface area contributed by atoms with Gasteiger partial charge < -0.3 is 10.1 Å². The molecule has 0 aromatic heterocycles. The van der Waals surface area contributed by atoms with Crippen molar-refractivity contribution in [3.63, 3.8) is 0 Å². The van der Waals surface area contributed by atoms with Crippen molar-refractivity contribution in [3.05, 3.63) is 29.6 Å². The van der Waals surface area contributed by atoms with Crippen molar-refractivity contribution < 1.29 is 9.13 Å². The molecule has 1 aliphatic rings. The molecule has 0 radical (unpaired) electrons. The van der Waals surface area contributed by atoms with Gasteiger partial charge in [-0.25, -0.2) is 4.39 Å². The maximum atomic E-state index is 14.4. The number of nitrogens with one attached hydrogen (secondary N) is 1. The summed E-state index contributed by atoms with van der Waals surface area (Å²) in [6.45, 7) is 3.05. The van der Waals surface area contributed by atoms with Gasteiger partial charge in [0.05, 0.1) is 7.11 Å². The molecule has 1 aliphatic heterocycles. The molecule has 1 aromatic carbocycles. The lowest BCUT2D eigenvalue weighted by atomic mass is 9.91. The first kappa shape index (κ1) is 14.7. The van der Waals surface area contributed by atoms with Crippen molar-refractivity contribution in [1.29, 1.82) is 0 Å². The summed E-state index contributed by atoms with van der Waals surface area (Å²) in [5, 5.41) is 3.51. The molecule has 0 spiro atoms. The second-order valence-corrected chi connectivity index (χ2v) is 6.07. The number of hydrogen-bond donors (Lipinski definition) is 1. The SMILES string of the molecule is CCCNC(c1cccc(OC)c1F)C1CCSC1. The van der Waals surface area contributed by atoms with Crippen molar-refractivity contribution in [2.75, 3.05) is 25.2 Å². The molecule has 1 N–H and O–H groups in total. The zero-order valence-electron chi connectivity index (χ0n) is 11.6. The van der Waals surface area contributed by atoms with Crippen LogP contribution < -0.4 is 10.1 Å². The molecule has 1 aromatic rings. The molecule has 2 nitrogen and oxygen atoms in total. The third-order valence-electron chi connectivity index (χ3n) is 3.60. The zero-order chi connectivity index (χ0) is 13.7. The lowest BCUT2D eigenvalue weighted by molar-refractivity contribution is 0.357. The van der Waals surface area contributed by atoms with Gasteiger partial charge in [-0.1, -0.05) is 19.1 Å². The maximum absolute atomic E-state index is 14.4. The van der Waals surface area contributed by atoms with Crippen molar-refractivity contribution >= 4 is 11.8 Å². The summed E-state index contributed by atoms with van der Waals surface area (Å²) in [6, 6.07) is 5.54. The third kappa shape index (κ3) is 3.42. The molecule has 1 saturated heterocycles. The maximum Gasteiger partial charge on any atom is 0.169 e. The molecule has 106 valence electrons. The van der Waals surface area contributed by atoms with E-state index in [9.17, 15) is 4.39 Å². The van der Waals surface area contributed by atoms with Gasteiger partial charge in [-0.15, -0.1) is 0 Å². The van der Waals surface area contributed by atoms with Crippen molar-refractivity contribution in [2.24, 2.45) is 5.92 Å². The van der Waals surface area contributed by atoms with Gasteiger partial charge in [0.1, 0.15) is 0 Å².